The summed E-state index contributed by atoms with van der Waals surface area (Å²) in [6.07, 6.45) is 0. The lowest BCUT2D eigenvalue weighted by Crippen LogP contribution is -2.36. The molecular formula is C21H28N4O3. The Balaban J connectivity index is 1.92. The molecule has 0 saturated heterocycles. The lowest BCUT2D eigenvalue weighted by molar-refractivity contribution is 0.0827. The largest absolute Gasteiger partial charge is 0.497 e. The lowest BCUT2D eigenvalue weighted by Gasteiger charge is -2.15. The predicted octanol–water partition coefficient (Wildman–Crippen LogP) is 2.27. The Morgan fingerprint density at radius 1 is 1.00 bits per heavy atom. The van der Waals surface area contributed by atoms with Gasteiger partial charge in [-0.1, -0.05) is 12.1 Å². The molecule has 7 nitrogen and oxygen atoms in total. The van der Waals surface area contributed by atoms with Gasteiger partial charge in [0.2, 0.25) is 0 Å². The minimum absolute atomic E-state index is 0.00887. The third kappa shape index (κ3) is 5.64. The fourth-order valence-corrected chi connectivity index (χ4v) is 2.61. The molecule has 0 aliphatic carbocycles. The number of rotatable bonds is 7. The summed E-state index contributed by atoms with van der Waals surface area (Å²) in [4.78, 5) is 17.8. The molecule has 2 aromatic carbocycles. The van der Waals surface area contributed by atoms with E-state index in [1.165, 1.54) is 0 Å². The Hall–Kier alpha value is -3.22. The highest BCUT2D eigenvalue weighted by Gasteiger charge is 2.08. The second-order valence-electron chi connectivity index (χ2n) is 6.35. The molecule has 0 heterocycles. The van der Waals surface area contributed by atoms with Gasteiger partial charge in [0.15, 0.2) is 5.96 Å². The van der Waals surface area contributed by atoms with Crippen LogP contribution in [0.2, 0.25) is 0 Å². The number of guanidine groups is 1. The average molecular weight is 384 g/mol. The highest BCUT2D eigenvalue weighted by atomic mass is 16.5. The minimum Gasteiger partial charge on any atom is -0.497 e. The summed E-state index contributed by atoms with van der Waals surface area (Å²) < 4.78 is 10.6. The number of carbonyl (C=O) groups excluding carboxylic acids is 1. The smallest absolute Gasteiger partial charge is 0.253 e. The van der Waals surface area contributed by atoms with Gasteiger partial charge in [0.05, 0.1) is 14.2 Å². The zero-order chi connectivity index (χ0) is 20.5. The topological polar surface area (TPSA) is 75.2 Å². The van der Waals surface area contributed by atoms with Crippen LogP contribution < -0.4 is 20.1 Å². The molecule has 0 aliphatic rings. The van der Waals surface area contributed by atoms with E-state index in [-0.39, 0.29) is 5.91 Å². The van der Waals surface area contributed by atoms with Gasteiger partial charge >= 0.3 is 0 Å². The van der Waals surface area contributed by atoms with Crippen molar-refractivity contribution in [3.8, 4) is 11.5 Å². The van der Waals surface area contributed by atoms with Gasteiger partial charge in [-0.2, -0.15) is 0 Å². The van der Waals surface area contributed by atoms with E-state index in [0.717, 1.165) is 22.6 Å². The summed E-state index contributed by atoms with van der Waals surface area (Å²) in [7, 11) is 8.47. The minimum atomic E-state index is -0.00887. The van der Waals surface area contributed by atoms with Gasteiger partial charge in [0, 0.05) is 51.4 Å². The molecule has 0 saturated carbocycles. The van der Waals surface area contributed by atoms with Crippen LogP contribution in [0.3, 0.4) is 0 Å². The van der Waals surface area contributed by atoms with Crippen molar-refractivity contribution < 1.29 is 14.3 Å². The highest BCUT2D eigenvalue weighted by molar-refractivity contribution is 5.93. The molecule has 7 heteroatoms. The summed E-state index contributed by atoms with van der Waals surface area (Å²) >= 11 is 0. The zero-order valence-corrected chi connectivity index (χ0v) is 17.1. The van der Waals surface area contributed by atoms with E-state index in [2.05, 4.69) is 15.6 Å². The average Bonchev–Trinajstić information content (AvgIpc) is 2.73. The third-order valence-electron chi connectivity index (χ3n) is 4.23. The third-order valence-corrected chi connectivity index (χ3v) is 4.23. The van der Waals surface area contributed by atoms with Gasteiger partial charge in [-0.15, -0.1) is 0 Å². The van der Waals surface area contributed by atoms with Gasteiger partial charge in [-0.25, -0.2) is 0 Å². The maximum absolute atomic E-state index is 11.9. The van der Waals surface area contributed by atoms with Crippen molar-refractivity contribution >= 4 is 11.9 Å². The van der Waals surface area contributed by atoms with Crippen LogP contribution in [0, 0.1) is 0 Å². The Morgan fingerprint density at radius 2 is 1.68 bits per heavy atom. The normalized spacial score (nSPS) is 11.0. The van der Waals surface area contributed by atoms with E-state index in [0.29, 0.717) is 24.6 Å². The van der Waals surface area contributed by atoms with Gasteiger partial charge in [-0.05, 0) is 29.8 Å². The molecule has 2 rings (SSSR count). The molecule has 0 aromatic heterocycles. The molecule has 2 aromatic rings. The summed E-state index contributed by atoms with van der Waals surface area (Å²) in [6, 6.07) is 13.2. The van der Waals surface area contributed by atoms with Crippen LogP contribution in [0.25, 0.3) is 0 Å². The van der Waals surface area contributed by atoms with E-state index >= 15 is 0 Å². The van der Waals surface area contributed by atoms with Crippen LogP contribution in [0.1, 0.15) is 21.5 Å². The van der Waals surface area contributed by atoms with Crippen molar-refractivity contribution in [3.63, 3.8) is 0 Å². The number of carbonyl (C=O) groups is 1. The van der Waals surface area contributed by atoms with Crippen molar-refractivity contribution in [1.29, 1.82) is 0 Å². The standard InChI is InChI=1S/C21H28N4O3/c1-22-21(24-14-17-10-11-18(27-4)12-19(17)28-5)23-13-15-6-8-16(9-7-15)20(26)25(2)3/h6-12H,13-14H2,1-5H3,(H2,22,23,24). The van der Waals surface area contributed by atoms with Crippen molar-refractivity contribution in [1.82, 2.24) is 15.5 Å². The molecule has 150 valence electrons. The summed E-state index contributed by atoms with van der Waals surface area (Å²) in [5, 5.41) is 6.54. The Bertz CT molecular complexity index is 817. The second kappa shape index (κ2) is 10.2. The van der Waals surface area contributed by atoms with Gasteiger partial charge in [-0.3, -0.25) is 9.79 Å². The predicted molar refractivity (Wildman–Crippen MR) is 111 cm³/mol. The van der Waals surface area contributed by atoms with E-state index in [4.69, 9.17) is 9.47 Å². The van der Waals surface area contributed by atoms with Crippen LogP contribution in [-0.4, -0.2) is 52.1 Å². The van der Waals surface area contributed by atoms with Crippen molar-refractivity contribution in [2.45, 2.75) is 13.1 Å². The van der Waals surface area contributed by atoms with Crippen molar-refractivity contribution in [2.24, 2.45) is 4.99 Å². The molecule has 1 amide bonds. The maximum atomic E-state index is 11.9. The fraction of sp³-hybridized carbons (Fsp3) is 0.333. The molecular weight excluding hydrogens is 356 g/mol. The molecule has 0 spiro atoms. The number of hydrogen-bond acceptors (Lipinski definition) is 4. The molecule has 0 fully saturated rings. The molecule has 0 atom stereocenters. The first-order valence-electron chi connectivity index (χ1n) is 8.94. The van der Waals surface area contributed by atoms with E-state index in [1.807, 2.05) is 42.5 Å². The zero-order valence-electron chi connectivity index (χ0n) is 17.1. The van der Waals surface area contributed by atoms with E-state index < -0.39 is 0 Å². The fourth-order valence-electron chi connectivity index (χ4n) is 2.61. The highest BCUT2D eigenvalue weighted by Crippen LogP contribution is 2.24. The number of methoxy groups -OCH3 is 2. The van der Waals surface area contributed by atoms with Crippen LogP contribution in [0.15, 0.2) is 47.5 Å². The Kier molecular flexibility index (Phi) is 7.68. The number of aliphatic imine (C=N–C) groups is 1. The van der Waals surface area contributed by atoms with Gasteiger partial charge in [0.25, 0.3) is 5.91 Å². The number of hydrogen-bond donors (Lipinski definition) is 2. The molecule has 2 N–H and O–H groups in total. The number of ether oxygens (including phenoxy) is 2. The second-order valence-corrected chi connectivity index (χ2v) is 6.35. The quantitative estimate of drug-likeness (QED) is 0.566. The Labute approximate surface area is 166 Å². The van der Waals surface area contributed by atoms with Crippen LogP contribution >= 0.6 is 0 Å². The monoisotopic (exact) mass is 384 g/mol. The van der Waals surface area contributed by atoms with Crippen LogP contribution in [0.4, 0.5) is 0 Å². The van der Waals surface area contributed by atoms with Crippen LogP contribution in [-0.2, 0) is 13.1 Å². The van der Waals surface area contributed by atoms with Crippen molar-refractivity contribution in [2.75, 3.05) is 35.4 Å². The number of amides is 1. The molecule has 0 bridgehead atoms. The molecule has 0 unspecified atom stereocenters. The summed E-state index contributed by atoms with van der Waals surface area (Å²) in [5.41, 5.74) is 2.72. The van der Waals surface area contributed by atoms with Crippen LogP contribution in [0.5, 0.6) is 11.5 Å². The first-order chi connectivity index (χ1) is 13.5. The first-order valence-corrected chi connectivity index (χ1v) is 8.94. The number of nitrogens with one attached hydrogen (secondary N) is 2. The SMILES string of the molecule is CN=C(NCc1ccc(C(=O)N(C)C)cc1)NCc1ccc(OC)cc1OC. The molecule has 28 heavy (non-hydrogen) atoms. The molecule has 0 radical (unpaired) electrons. The first kappa shape index (κ1) is 21.1. The van der Waals surface area contributed by atoms with Gasteiger partial charge < -0.3 is 25.0 Å². The van der Waals surface area contributed by atoms with Gasteiger partial charge in [0.1, 0.15) is 11.5 Å². The van der Waals surface area contributed by atoms with Crippen molar-refractivity contribution in [3.05, 3.63) is 59.2 Å². The summed E-state index contributed by atoms with van der Waals surface area (Å²) in [5.74, 6) is 2.17. The number of benzene rings is 2. The van der Waals surface area contributed by atoms with E-state index in [9.17, 15) is 4.79 Å². The van der Waals surface area contributed by atoms with E-state index in [1.54, 1.807) is 40.3 Å². The maximum Gasteiger partial charge on any atom is 0.253 e. The number of nitrogens with zero attached hydrogens (tertiary/aromatic N) is 2. The summed E-state index contributed by atoms with van der Waals surface area (Å²) in [6.45, 7) is 1.15. The Morgan fingerprint density at radius 3 is 2.25 bits per heavy atom. The molecule has 0 aliphatic heterocycles. The lowest BCUT2D eigenvalue weighted by atomic mass is 10.1.